The average molecular weight is 1060 g/mol. The molecule has 0 aliphatic carbocycles. The molecule has 0 spiro atoms. The summed E-state index contributed by atoms with van der Waals surface area (Å²) in [5, 5.41) is 23.1. The third kappa shape index (κ3) is 61.7. The van der Waals surface area contributed by atoms with Crippen LogP contribution in [0.15, 0.2) is 12.2 Å². The summed E-state index contributed by atoms with van der Waals surface area (Å²) >= 11 is 0. The van der Waals surface area contributed by atoms with E-state index in [4.69, 9.17) is 4.74 Å². The van der Waals surface area contributed by atoms with Crippen molar-refractivity contribution in [1.82, 2.24) is 5.32 Å². The molecule has 2 unspecified atom stereocenters. The minimum Gasteiger partial charge on any atom is -0.466 e. The molecule has 0 aromatic heterocycles. The number of carbonyl (C=O) groups excluding carboxylic acids is 2. The number of amides is 1. The van der Waals surface area contributed by atoms with Gasteiger partial charge in [-0.25, -0.2) is 0 Å². The van der Waals surface area contributed by atoms with Crippen molar-refractivity contribution in [2.45, 2.75) is 405 Å². The van der Waals surface area contributed by atoms with E-state index >= 15 is 0 Å². The quantitative estimate of drug-likeness (QED) is 0.0320. The lowest BCUT2D eigenvalue weighted by Gasteiger charge is -2.20. The molecule has 0 saturated heterocycles. The molecule has 6 heteroatoms. The van der Waals surface area contributed by atoms with Gasteiger partial charge in [0.1, 0.15) is 0 Å². The molecule has 446 valence electrons. The normalized spacial score (nSPS) is 12.5. The molecule has 0 aromatic carbocycles. The summed E-state index contributed by atoms with van der Waals surface area (Å²) in [4.78, 5) is 24.5. The van der Waals surface area contributed by atoms with E-state index in [1.54, 1.807) is 6.08 Å². The van der Waals surface area contributed by atoms with Crippen molar-refractivity contribution in [2.75, 3.05) is 13.2 Å². The minimum absolute atomic E-state index is 0.0234. The second-order valence-electron chi connectivity index (χ2n) is 23.9. The number of aliphatic hydroxyl groups excluding tert-OH is 2. The van der Waals surface area contributed by atoms with E-state index in [1.165, 1.54) is 327 Å². The van der Waals surface area contributed by atoms with Crippen molar-refractivity contribution in [3.63, 3.8) is 0 Å². The van der Waals surface area contributed by atoms with E-state index in [9.17, 15) is 19.8 Å². The highest BCUT2D eigenvalue weighted by Crippen LogP contribution is 2.19. The Balaban J connectivity index is 3.32. The second kappa shape index (κ2) is 65.1. The van der Waals surface area contributed by atoms with Gasteiger partial charge in [-0.15, -0.1) is 0 Å². The van der Waals surface area contributed by atoms with Crippen molar-refractivity contribution in [3.05, 3.63) is 12.2 Å². The van der Waals surface area contributed by atoms with Crippen LogP contribution in [0.4, 0.5) is 0 Å². The summed E-state index contributed by atoms with van der Waals surface area (Å²) in [6.45, 7) is 4.94. The minimum atomic E-state index is -0.840. The Hall–Kier alpha value is -1.40. The monoisotopic (exact) mass is 1060 g/mol. The zero-order valence-electron chi connectivity index (χ0n) is 51.1. The second-order valence-corrected chi connectivity index (χ2v) is 23.9. The number of carbonyl (C=O) groups is 2. The van der Waals surface area contributed by atoms with Gasteiger partial charge >= 0.3 is 5.97 Å². The summed E-state index contributed by atoms with van der Waals surface area (Å²) in [7, 11) is 0. The number of hydrogen-bond acceptors (Lipinski definition) is 5. The Morgan fingerprint density at radius 3 is 0.907 bits per heavy atom. The molecule has 0 rings (SSSR count). The van der Waals surface area contributed by atoms with Gasteiger partial charge in [-0.05, 0) is 32.1 Å². The molecule has 0 aliphatic rings. The van der Waals surface area contributed by atoms with Gasteiger partial charge in [0.25, 0.3) is 0 Å². The Morgan fingerprint density at radius 2 is 0.613 bits per heavy atom. The van der Waals surface area contributed by atoms with E-state index in [0.29, 0.717) is 19.4 Å². The van der Waals surface area contributed by atoms with Crippen LogP contribution in [0.5, 0.6) is 0 Å². The van der Waals surface area contributed by atoms with E-state index in [-0.39, 0.29) is 18.5 Å². The topological polar surface area (TPSA) is 95.9 Å². The van der Waals surface area contributed by atoms with E-state index in [0.717, 1.165) is 38.5 Å². The molecule has 0 fully saturated rings. The number of nitrogens with one attached hydrogen (secondary N) is 1. The number of rotatable bonds is 65. The molecule has 0 bridgehead atoms. The van der Waals surface area contributed by atoms with Gasteiger partial charge in [0.05, 0.1) is 25.4 Å². The molecule has 3 N–H and O–H groups in total. The van der Waals surface area contributed by atoms with Crippen molar-refractivity contribution in [3.8, 4) is 0 Å². The Labute approximate surface area is 469 Å². The molecule has 0 radical (unpaired) electrons. The van der Waals surface area contributed by atoms with E-state index in [2.05, 4.69) is 19.2 Å². The standard InChI is InChI=1S/C69H135NO5/c1-3-5-7-9-11-13-15-17-18-35-39-43-47-51-55-59-63-69(74)75-64-60-56-52-48-44-40-36-33-31-29-27-25-23-21-19-20-22-24-26-28-30-32-34-38-42-46-50-54-58-62-68(73)70-66(65-71)67(72)61-57-53-49-45-41-37-16-14-12-10-8-6-4-2/h57,61,66-67,71-72H,3-56,58-60,62-65H2,1-2H3,(H,70,73)/b61-57+. The first kappa shape index (κ1) is 73.6. The summed E-state index contributed by atoms with van der Waals surface area (Å²) in [6.07, 6.45) is 80.1. The van der Waals surface area contributed by atoms with Gasteiger partial charge < -0.3 is 20.3 Å². The maximum absolute atomic E-state index is 12.5. The maximum Gasteiger partial charge on any atom is 0.305 e. The Bertz CT molecular complexity index is 1130. The highest BCUT2D eigenvalue weighted by Gasteiger charge is 2.18. The highest BCUT2D eigenvalue weighted by molar-refractivity contribution is 5.76. The van der Waals surface area contributed by atoms with Gasteiger partial charge in [0.2, 0.25) is 5.91 Å². The van der Waals surface area contributed by atoms with Crippen LogP contribution in [0, 0.1) is 0 Å². The number of allylic oxidation sites excluding steroid dienone is 1. The maximum atomic E-state index is 12.5. The number of esters is 1. The molecule has 0 aliphatic heterocycles. The van der Waals surface area contributed by atoms with Crippen LogP contribution < -0.4 is 5.32 Å². The van der Waals surface area contributed by atoms with Crippen LogP contribution >= 0.6 is 0 Å². The summed E-state index contributed by atoms with van der Waals surface area (Å²) in [5.74, 6) is -0.0391. The van der Waals surface area contributed by atoms with Crippen LogP contribution in [0.1, 0.15) is 393 Å². The van der Waals surface area contributed by atoms with Crippen LogP contribution in [0.25, 0.3) is 0 Å². The lowest BCUT2D eigenvalue weighted by atomic mass is 10.0. The third-order valence-corrected chi connectivity index (χ3v) is 16.3. The molecule has 2 atom stereocenters. The van der Waals surface area contributed by atoms with E-state index < -0.39 is 12.1 Å². The molecule has 75 heavy (non-hydrogen) atoms. The Morgan fingerprint density at radius 1 is 0.360 bits per heavy atom. The van der Waals surface area contributed by atoms with Crippen molar-refractivity contribution < 1.29 is 24.5 Å². The molecular formula is C69H135NO5. The molecular weight excluding hydrogens is 923 g/mol. The fraction of sp³-hybridized carbons (Fsp3) is 0.942. The number of ether oxygens (including phenoxy) is 1. The molecule has 0 heterocycles. The predicted octanol–water partition coefficient (Wildman–Crippen LogP) is 22.0. The lowest BCUT2D eigenvalue weighted by Crippen LogP contribution is -2.45. The first-order valence-corrected chi connectivity index (χ1v) is 34.5. The zero-order chi connectivity index (χ0) is 54.3. The fourth-order valence-electron chi connectivity index (χ4n) is 11.1. The summed E-state index contributed by atoms with van der Waals surface area (Å²) < 4.78 is 5.50. The molecule has 0 saturated carbocycles. The zero-order valence-corrected chi connectivity index (χ0v) is 51.1. The molecule has 0 aromatic rings. The molecule has 6 nitrogen and oxygen atoms in total. The van der Waals surface area contributed by atoms with Crippen LogP contribution in [-0.2, 0) is 14.3 Å². The lowest BCUT2D eigenvalue weighted by molar-refractivity contribution is -0.143. The first-order valence-electron chi connectivity index (χ1n) is 34.5. The van der Waals surface area contributed by atoms with Crippen LogP contribution in [0.2, 0.25) is 0 Å². The van der Waals surface area contributed by atoms with Gasteiger partial charge in [0, 0.05) is 12.8 Å². The third-order valence-electron chi connectivity index (χ3n) is 16.3. The van der Waals surface area contributed by atoms with Gasteiger partial charge in [-0.1, -0.05) is 360 Å². The SMILES string of the molecule is CCCCCCCCCCCCC/C=C/C(O)C(CO)NC(=O)CCCCCCCCCCCCCCCCCCCCCCCCCCCCCCCOC(=O)CCCCCCCCCCCCCCCCCC. The van der Waals surface area contributed by atoms with Crippen molar-refractivity contribution in [1.29, 1.82) is 0 Å². The molecule has 1 amide bonds. The van der Waals surface area contributed by atoms with Gasteiger partial charge in [0.15, 0.2) is 0 Å². The van der Waals surface area contributed by atoms with Crippen LogP contribution in [0.3, 0.4) is 0 Å². The van der Waals surface area contributed by atoms with Crippen molar-refractivity contribution >= 4 is 11.9 Å². The van der Waals surface area contributed by atoms with Gasteiger partial charge in [-0.3, -0.25) is 9.59 Å². The average Bonchev–Trinajstić information content (AvgIpc) is 3.41. The fourth-order valence-corrected chi connectivity index (χ4v) is 11.1. The van der Waals surface area contributed by atoms with Crippen LogP contribution in [-0.4, -0.2) is 47.4 Å². The largest absolute Gasteiger partial charge is 0.466 e. The Kier molecular flexibility index (Phi) is 63.9. The highest BCUT2D eigenvalue weighted by atomic mass is 16.5. The first-order chi connectivity index (χ1) is 37.0. The predicted molar refractivity (Wildman–Crippen MR) is 329 cm³/mol. The number of hydrogen-bond donors (Lipinski definition) is 3. The van der Waals surface area contributed by atoms with Crippen molar-refractivity contribution in [2.24, 2.45) is 0 Å². The smallest absolute Gasteiger partial charge is 0.305 e. The number of aliphatic hydroxyl groups is 2. The summed E-state index contributed by atoms with van der Waals surface area (Å²) in [5.41, 5.74) is 0. The van der Waals surface area contributed by atoms with Gasteiger partial charge in [-0.2, -0.15) is 0 Å². The summed E-state index contributed by atoms with van der Waals surface area (Å²) in [6, 6.07) is -0.623. The van der Waals surface area contributed by atoms with E-state index in [1.807, 2.05) is 6.08 Å². The number of unbranched alkanes of at least 4 members (excludes halogenated alkanes) is 54.